The third-order valence-electron chi connectivity index (χ3n) is 4.93. The number of guanidine groups is 1. The highest BCUT2D eigenvalue weighted by Crippen LogP contribution is 2.43. The lowest BCUT2D eigenvalue weighted by Crippen LogP contribution is -2.45. The Morgan fingerprint density at radius 2 is 1.78 bits per heavy atom. The predicted octanol–water partition coefficient (Wildman–Crippen LogP) is 2.42. The Morgan fingerprint density at radius 3 is 2.39 bits per heavy atom. The second kappa shape index (κ2) is 6.83. The van der Waals surface area contributed by atoms with Crippen molar-refractivity contribution >= 4 is 5.96 Å². The Bertz CT molecular complexity index is 559. The van der Waals surface area contributed by atoms with E-state index in [-0.39, 0.29) is 5.56 Å². The summed E-state index contributed by atoms with van der Waals surface area (Å²) in [5.41, 5.74) is 5.67. The summed E-state index contributed by atoms with van der Waals surface area (Å²) in [6.07, 6.45) is 3.40. The molecule has 0 spiro atoms. The van der Waals surface area contributed by atoms with Crippen molar-refractivity contribution in [1.29, 1.82) is 0 Å². The maximum Gasteiger partial charge on any atom is 0.191 e. The number of hydrogen-bond acceptors (Lipinski definition) is 2. The van der Waals surface area contributed by atoms with Crippen LogP contribution in [0.5, 0.6) is 0 Å². The number of benzene rings is 1. The minimum atomic E-state index is -0.577. The Morgan fingerprint density at radius 1 is 1.17 bits per heavy atom. The van der Waals surface area contributed by atoms with Crippen LogP contribution in [0.2, 0.25) is 0 Å². The number of ether oxygens (including phenoxy) is 1. The minimum Gasteiger partial charge on any atom is -0.378 e. The first kappa shape index (κ1) is 16.2. The van der Waals surface area contributed by atoms with Crippen molar-refractivity contribution in [3.63, 3.8) is 0 Å². The van der Waals surface area contributed by atoms with E-state index in [0.29, 0.717) is 38.8 Å². The quantitative estimate of drug-likeness (QED) is 0.686. The molecule has 126 valence electrons. The van der Waals surface area contributed by atoms with Gasteiger partial charge in [0.05, 0.1) is 19.8 Å². The first-order valence-corrected chi connectivity index (χ1v) is 8.19. The van der Waals surface area contributed by atoms with Crippen LogP contribution in [-0.4, -0.2) is 43.7 Å². The third-order valence-corrected chi connectivity index (χ3v) is 4.93. The van der Waals surface area contributed by atoms with Gasteiger partial charge < -0.3 is 15.4 Å². The van der Waals surface area contributed by atoms with Gasteiger partial charge in [-0.2, -0.15) is 0 Å². The molecule has 1 saturated carbocycles. The molecule has 1 aromatic rings. The molecule has 2 N–H and O–H groups in total. The minimum absolute atomic E-state index is 0.177. The topological polar surface area (TPSA) is 50.8 Å². The lowest BCUT2D eigenvalue weighted by atomic mass is 9.78. The average molecular weight is 323 g/mol. The van der Waals surface area contributed by atoms with E-state index in [1.54, 1.807) is 0 Å². The van der Waals surface area contributed by atoms with Crippen LogP contribution in [0.15, 0.2) is 23.2 Å². The third kappa shape index (κ3) is 3.32. The molecule has 2 aliphatic rings. The van der Waals surface area contributed by atoms with Crippen molar-refractivity contribution < 1.29 is 13.5 Å². The summed E-state index contributed by atoms with van der Waals surface area (Å²) < 4.78 is 33.9. The SMILES string of the molecule is NC(=NCC1(c2c(F)cccc2F)CCCC1)N1CCOCC1. The van der Waals surface area contributed by atoms with Gasteiger partial charge in [0.2, 0.25) is 0 Å². The van der Waals surface area contributed by atoms with Gasteiger partial charge in [0.25, 0.3) is 0 Å². The zero-order chi connectivity index (χ0) is 16.3. The van der Waals surface area contributed by atoms with Crippen molar-refractivity contribution in [2.75, 3.05) is 32.8 Å². The summed E-state index contributed by atoms with van der Waals surface area (Å²) in [6.45, 7) is 2.99. The van der Waals surface area contributed by atoms with Crippen LogP contribution in [-0.2, 0) is 10.2 Å². The van der Waals surface area contributed by atoms with Crippen LogP contribution >= 0.6 is 0 Å². The van der Waals surface area contributed by atoms with Crippen LogP contribution in [0.4, 0.5) is 8.78 Å². The zero-order valence-corrected chi connectivity index (χ0v) is 13.2. The second-order valence-corrected chi connectivity index (χ2v) is 6.36. The van der Waals surface area contributed by atoms with Crippen LogP contribution < -0.4 is 5.73 Å². The summed E-state index contributed by atoms with van der Waals surface area (Å²) in [7, 11) is 0. The van der Waals surface area contributed by atoms with Crippen molar-refractivity contribution in [3.8, 4) is 0 Å². The Labute approximate surface area is 135 Å². The lowest BCUT2D eigenvalue weighted by Gasteiger charge is -2.31. The van der Waals surface area contributed by atoms with Gasteiger partial charge in [-0.15, -0.1) is 0 Å². The van der Waals surface area contributed by atoms with Gasteiger partial charge in [-0.3, -0.25) is 4.99 Å². The van der Waals surface area contributed by atoms with Crippen molar-refractivity contribution in [3.05, 3.63) is 35.4 Å². The smallest absolute Gasteiger partial charge is 0.191 e. The lowest BCUT2D eigenvalue weighted by molar-refractivity contribution is 0.0673. The molecule has 0 bridgehead atoms. The van der Waals surface area contributed by atoms with Crippen molar-refractivity contribution in [1.82, 2.24) is 4.90 Å². The fourth-order valence-electron chi connectivity index (χ4n) is 3.67. The van der Waals surface area contributed by atoms with Crippen molar-refractivity contribution in [2.24, 2.45) is 10.7 Å². The first-order valence-electron chi connectivity index (χ1n) is 8.19. The molecule has 3 rings (SSSR count). The number of morpholine rings is 1. The first-order chi connectivity index (χ1) is 11.1. The molecule has 0 radical (unpaired) electrons. The van der Waals surface area contributed by atoms with E-state index < -0.39 is 17.0 Å². The van der Waals surface area contributed by atoms with E-state index in [9.17, 15) is 8.78 Å². The fourth-order valence-corrected chi connectivity index (χ4v) is 3.67. The molecule has 0 unspecified atom stereocenters. The molecule has 1 aliphatic heterocycles. The molecule has 1 heterocycles. The zero-order valence-electron chi connectivity index (χ0n) is 13.2. The Balaban J connectivity index is 1.84. The number of nitrogens with two attached hydrogens (primary N) is 1. The summed E-state index contributed by atoms with van der Waals surface area (Å²) in [6, 6.07) is 4.06. The van der Waals surface area contributed by atoms with E-state index in [0.717, 1.165) is 25.7 Å². The number of hydrogen-bond donors (Lipinski definition) is 1. The molecule has 2 fully saturated rings. The summed E-state index contributed by atoms with van der Waals surface area (Å²) >= 11 is 0. The van der Waals surface area contributed by atoms with Gasteiger partial charge in [0, 0.05) is 24.1 Å². The molecule has 1 aromatic carbocycles. The fraction of sp³-hybridized carbons (Fsp3) is 0.588. The number of rotatable bonds is 3. The van der Waals surface area contributed by atoms with Gasteiger partial charge in [-0.05, 0) is 25.0 Å². The van der Waals surface area contributed by atoms with Gasteiger partial charge in [0.1, 0.15) is 11.6 Å². The molecule has 0 amide bonds. The van der Waals surface area contributed by atoms with E-state index in [2.05, 4.69) is 4.99 Å². The Kier molecular flexibility index (Phi) is 4.80. The maximum absolute atomic E-state index is 14.3. The maximum atomic E-state index is 14.3. The van der Waals surface area contributed by atoms with Crippen LogP contribution in [0.3, 0.4) is 0 Å². The molecule has 6 heteroatoms. The number of nitrogens with zero attached hydrogens (tertiary/aromatic N) is 2. The molecule has 1 saturated heterocycles. The number of aliphatic imine (C=N–C) groups is 1. The Hall–Kier alpha value is -1.69. The molecule has 23 heavy (non-hydrogen) atoms. The summed E-state index contributed by atoms with van der Waals surface area (Å²) in [5, 5.41) is 0. The van der Waals surface area contributed by atoms with Crippen LogP contribution in [0.25, 0.3) is 0 Å². The molecular formula is C17H23F2N3O. The van der Waals surface area contributed by atoms with Gasteiger partial charge in [-0.25, -0.2) is 8.78 Å². The monoisotopic (exact) mass is 323 g/mol. The average Bonchev–Trinajstić information content (AvgIpc) is 3.03. The van der Waals surface area contributed by atoms with E-state index in [1.165, 1.54) is 18.2 Å². The van der Waals surface area contributed by atoms with Gasteiger partial charge in [-0.1, -0.05) is 18.9 Å². The van der Waals surface area contributed by atoms with Crippen LogP contribution in [0, 0.1) is 11.6 Å². The summed E-state index contributed by atoms with van der Waals surface area (Å²) in [4.78, 5) is 6.45. The van der Waals surface area contributed by atoms with E-state index in [4.69, 9.17) is 10.5 Å². The van der Waals surface area contributed by atoms with Crippen molar-refractivity contribution in [2.45, 2.75) is 31.1 Å². The molecule has 0 atom stereocenters. The highest BCUT2D eigenvalue weighted by molar-refractivity contribution is 5.78. The second-order valence-electron chi connectivity index (χ2n) is 6.36. The van der Waals surface area contributed by atoms with Gasteiger partial charge >= 0.3 is 0 Å². The molecule has 4 nitrogen and oxygen atoms in total. The van der Waals surface area contributed by atoms with E-state index >= 15 is 0 Å². The normalized spacial score (nSPS) is 21.7. The summed E-state index contributed by atoms with van der Waals surface area (Å²) in [5.74, 6) is -0.518. The highest BCUT2D eigenvalue weighted by Gasteiger charge is 2.40. The largest absolute Gasteiger partial charge is 0.378 e. The number of halogens is 2. The standard InChI is InChI=1S/C17H23F2N3O/c18-13-4-3-5-14(19)15(13)17(6-1-2-7-17)12-21-16(20)22-8-10-23-11-9-22/h3-5H,1-2,6-12H2,(H2,20,21). The predicted molar refractivity (Wildman–Crippen MR) is 85.4 cm³/mol. The van der Waals surface area contributed by atoms with E-state index in [1.807, 2.05) is 4.90 Å². The molecular weight excluding hydrogens is 300 g/mol. The molecule has 1 aliphatic carbocycles. The van der Waals surface area contributed by atoms with Gasteiger partial charge in [0.15, 0.2) is 5.96 Å². The molecule has 0 aromatic heterocycles. The highest BCUT2D eigenvalue weighted by atomic mass is 19.1. The van der Waals surface area contributed by atoms with Crippen LogP contribution in [0.1, 0.15) is 31.2 Å².